The van der Waals surface area contributed by atoms with Crippen molar-refractivity contribution in [3.8, 4) is 0 Å². The lowest BCUT2D eigenvalue weighted by atomic mass is 10.1. The van der Waals surface area contributed by atoms with Gasteiger partial charge in [0.15, 0.2) is 5.58 Å². The Morgan fingerprint density at radius 1 is 1.25 bits per heavy atom. The Balaban J connectivity index is 1.98. The molecule has 20 heavy (non-hydrogen) atoms. The van der Waals surface area contributed by atoms with Crippen LogP contribution in [0.15, 0.2) is 57.0 Å². The number of oxazole rings is 1. The summed E-state index contributed by atoms with van der Waals surface area (Å²) in [5.74, 6) is -0.372. The first-order chi connectivity index (χ1) is 9.63. The molecule has 1 atom stereocenters. The zero-order chi connectivity index (χ0) is 14.1. The summed E-state index contributed by atoms with van der Waals surface area (Å²) >= 11 is 1.27. The highest BCUT2D eigenvalue weighted by Crippen LogP contribution is 2.34. The highest BCUT2D eigenvalue weighted by Gasteiger charge is 2.14. The molecular weight excluding hydrogens is 277 g/mol. The van der Waals surface area contributed by atoms with Crippen LogP contribution in [-0.4, -0.2) is 10.1 Å². The van der Waals surface area contributed by atoms with Crippen LogP contribution in [0.2, 0.25) is 0 Å². The first kappa shape index (κ1) is 13.1. The summed E-state index contributed by atoms with van der Waals surface area (Å²) in [4.78, 5) is 5.08. The zero-order valence-corrected chi connectivity index (χ0v) is 11.5. The van der Waals surface area contributed by atoms with Gasteiger partial charge in [0.2, 0.25) is 0 Å². The van der Waals surface area contributed by atoms with Crippen molar-refractivity contribution < 1.29 is 13.9 Å². The Labute approximate surface area is 119 Å². The first-order valence-corrected chi connectivity index (χ1v) is 6.96. The minimum Gasteiger partial charge on any atom is -0.431 e. The molecule has 1 heterocycles. The topological polar surface area (TPSA) is 46.3 Å². The van der Waals surface area contributed by atoms with Crippen LogP contribution in [0.5, 0.6) is 0 Å². The Bertz CT molecular complexity index is 721. The molecule has 3 aromatic rings. The molecule has 3 nitrogen and oxygen atoms in total. The fraction of sp³-hybridized carbons (Fsp3) is 0.133. The number of halogens is 1. The Morgan fingerprint density at radius 2 is 2.05 bits per heavy atom. The van der Waals surface area contributed by atoms with E-state index in [1.54, 1.807) is 13.0 Å². The van der Waals surface area contributed by atoms with E-state index in [-0.39, 0.29) is 5.82 Å². The molecule has 3 rings (SSSR count). The molecule has 0 saturated heterocycles. The standard InChI is InChI=1S/C15H12FNO2S/c1-9(18)11-8-10(16)6-7-14(11)20-15-17-12-4-2-3-5-13(12)19-15/h2-9,18H,1H3/t9-/m0/s1. The van der Waals surface area contributed by atoms with E-state index in [1.165, 1.54) is 23.9 Å². The number of para-hydroxylation sites is 2. The summed E-state index contributed by atoms with van der Waals surface area (Å²) in [7, 11) is 0. The van der Waals surface area contributed by atoms with Crippen LogP contribution in [0, 0.1) is 5.82 Å². The van der Waals surface area contributed by atoms with Crippen LogP contribution in [0.3, 0.4) is 0 Å². The quantitative estimate of drug-likeness (QED) is 0.786. The van der Waals surface area contributed by atoms with Crippen molar-refractivity contribution in [2.75, 3.05) is 0 Å². The van der Waals surface area contributed by atoms with Gasteiger partial charge in [-0.1, -0.05) is 12.1 Å². The average Bonchev–Trinajstić information content (AvgIpc) is 2.82. The van der Waals surface area contributed by atoms with Gasteiger partial charge in [-0.05, 0) is 54.6 Å². The van der Waals surface area contributed by atoms with E-state index in [2.05, 4.69) is 4.98 Å². The summed E-state index contributed by atoms with van der Waals surface area (Å²) in [6, 6.07) is 11.8. The molecule has 1 N–H and O–H groups in total. The fourth-order valence-electron chi connectivity index (χ4n) is 1.93. The molecule has 0 saturated carbocycles. The molecule has 0 aliphatic rings. The van der Waals surface area contributed by atoms with E-state index in [9.17, 15) is 9.50 Å². The molecule has 0 aliphatic heterocycles. The van der Waals surface area contributed by atoms with Crippen LogP contribution in [0.25, 0.3) is 11.1 Å². The number of nitrogens with zero attached hydrogens (tertiary/aromatic N) is 1. The van der Waals surface area contributed by atoms with Gasteiger partial charge < -0.3 is 9.52 Å². The van der Waals surface area contributed by atoms with Crippen molar-refractivity contribution in [2.24, 2.45) is 0 Å². The van der Waals surface area contributed by atoms with E-state index in [0.29, 0.717) is 16.4 Å². The summed E-state index contributed by atoms with van der Waals surface area (Å²) in [6.45, 7) is 1.60. The van der Waals surface area contributed by atoms with Crippen molar-refractivity contribution >= 4 is 22.9 Å². The number of hydrogen-bond donors (Lipinski definition) is 1. The molecule has 5 heteroatoms. The number of fused-ring (bicyclic) bond motifs is 1. The molecule has 1 aromatic heterocycles. The minimum atomic E-state index is -0.752. The smallest absolute Gasteiger partial charge is 0.261 e. The normalized spacial score (nSPS) is 12.8. The second-order valence-corrected chi connectivity index (χ2v) is 5.40. The lowest BCUT2D eigenvalue weighted by molar-refractivity contribution is 0.196. The highest BCUT2D eigenvalue weighted by atomic mass is 32.2. The van der Waals surface area contributed by atoms with E-state index in [1.807, 2.05) is 24.3 Å². The third kappa shape index (κ3) is 2.55. The number of aliphatic hydroxyl groups is 1. The van der Waals surface area contributed by atoms with Crippen LogP contribution < -0.4 is 0 Å². The molecule has 0 amide bonds. The van der Waals surface area contributed by atoms with Gasteiger partial charge in [0.25, 0.3) is 5.22 Å². The molecule has 2 aromatic carbocycles. The van der Waals surface area contributed by atoms with Crippen LogP contribution in [-0.2, 0) is 0 Å². The molecule has 0 fully saturated rings. The molecule has 102 valence electrons. The maximum Gasteiger partial charge on any atom is 0.261 e. The van der Waals surface area contributed by atoms with Gasteiger partial charge in [-0.2, -0.15) is 0 Å². The molecule has 0 bridgehead atoms. The van der Waals surface area contributed by atoms with E-state index >= 15 is 0 Å². The van der Waals surface area contributed by atoms with E-state index < -0.39 is 6.10 Å². The molecule has 0 aliphatic carbocycles. The molecule has 0 radical (unpaired) electrons. The minimum absolute atomic E-state index is 0.372. The van der Waals surface area contributed by atoms with Crippen molar-refractivity contribution in [1.82, 2.24) is 4.98 Å². The second kappa shape index (κ2) is 5.26. The molecule has 0 spiro atoms. The van der Waals surface area contributed by atoms with Crippen LogP contribution in [0.4, 0.5) is 4.39 Å². The third-order valence-corrected chi connectivity index (χ3v) is 3.83. The summed E-state index contributed by atoms with van der Waals surface area (Å²) in [5.41, 5.74) is 2.00. The van der Waals surface area contributed by atoms with Crippen LogP contribution in [0.1, 0.15) is 18.6 Å². The molecule has 0 unspecified atom stereocenters. The van der Waals surface area contributed by atoms with Gasteiger partial charge in [-0.25, -0.2) is 9.37 Å². The highest BCUT2D eigenvalue weighted by molar-refractivity contribution is 7.99. The summed E-state index contributed by atoms with van der Waals surface area (Å²) in [5, 5.41) is 10.2. The second-order valence-electron chi connectivity index (χ2n) is 4.41. The first-order valence-electron chi connectivity index (χ1n) is 6.14. The predicted molar refractivity (Wildman–Crippen MR) is 75.2 cm³/mol. The number of hydrogen-bond acceptors (Lipinski definition) is 4. The lowest BCUT2D eigenvalue weighted by Gasteiger charge is -2.09. The summed E-state index contributed by atoms with van der Waals surface area (Å²) < 4.78 is 18.9. The number of rotatable bonds is 3. The van der Waals surface area contributed by atoms with Gasteiger partial charge in [-0.3, -0.25) is 0 Å². The largest absolute Gasteiger partial charge is 0.431 e. The van der Waals surface area contributed by atoms with Gasteiger partial charge in [0.1, 0.15) is 11.3 Å². The predicted octanol–water partition coefficient (Wildman–Crippen LogP) is 4.17. The SMILES string of the molecule is C[C@H](O)c1cc(F)ccc1Sc1nc2ccccc2o1. The maximum atomic E-state index is 13.3. The Hall–Kier alpha value is -1.85. The average molecular weight is 289 g/mol. The molecular formula is C15H12FNO2S. The van der Waals surface area contributed by atoms with Gasteiger partial charge in [0, 0.05) is 4.90 Å². The van der Waals surface area contributed by atoms with Crippen molar-refractivity contribution in [2.45, 2.75) is 23.1 Å². The van der Waals surface area contributed by atoms with Crippen LogP contribution >= 0.6 is 11.8 Å². The van der Waals surface area contributed by atoms with Gasteiger partial charge in [0.05, 0.1) is 6.10 Å². The fourth-order valence-corrected chi connectivity index (χ4v) is 2.87. The Morgan fingerprint density at radius 3 is 2.80 bits per heavy atom. The zero-order valence-electron chi connectivity index (χ0n) is 10.7. The lowest BCUT2D eigenvalue weighted by Crippen LogP contribution is -1.95. The van der Waals surface area contributed by atoms with Crippen molar-refractivity contribution in [3.05, 3.63) is 53.8 Å². The third-order valence-electron chi connectivity index (χ3n) is 2.89. The summed E-state index contributed by atoms with van der Waals surface area (Å²) in [6.07, 6.45) is -0.752. The van der Waals surface area contributed by atoms with Crippen molar-refractivity contribution in [1.29, 1.82) is 0 Å². The number of benzene rings is 2. The Kier molecular flexibility index (Phi) is 3.46. The maximum absolute atomic E-state index is 13.3. The number of aromatic nitrogens is 1. The number of aliphatic hydroxyl groups excluding tert-OH is 1. The van der Waals surface area contributed by atoms with E-state index in [4.69, 9.17) is 4.42 Å². The van der Waals surface area contributed by atoms with E-state index in [0.717, 1.165) is 10.4 Å². The van der Waals surface area contributed by atoms with Crippen molar-refractivity contribution in [3.63, 3.8) is 0 Å². The van der Waals surface area contributed by atoms with Gasteiger partial charge >= 0.3 is 0 Å². The van der Waals surface area contributed by atoms with Gasteiger partial charge in [-0.15, -0.1) is 0 Å². The monoisotopic (exact) mass is 289 g/mol.